The first kappa shape index (κ1) is 31.1. The molecule has 232 valence electrons. The smallest absolute Gasteiger partial charge is 0.352 e. The Labute approximate surface area is 262 Å². The third-order valence-corrected chi connectivity index (χ3v) is 9.81. The number of nitrogens with two attached hydrogens (primary N) is 2. The van der Waals surface area contributed by atoms with Crippen LogP contribution in [0.5, 0.6) is 0 Å². The van der Waals surface area contributed by atoms with E-state index in [2.05, 4.69) is 20.4 Å². The number of nitrogens with one attached hydrogen (secondary N) is 1. The molecule has 2 unspecified atom stereocenters. The Morgan fingerprint density at radius 3 is 2.68 bits per heavy atom. The molecule has 2 amide bonds. The standard InChI is InChI=1S/C25H27N9O7S3/c1-4-32-5-6-33-14(32)7-13(26)29-24(33)44-9-11-8-42-20-16(19(36)34(20)17(11)21(37)38)30-18(35)15(12-10-43-23(27)28-12)31-41-25(2,3)22(39)40/h5-7,10,16,20,26H,4,8-9H2,1-3H3,(H5,27,28,30,35,37,38,39,40)/p+1/b31-15-. The molecule has 2 atom stereocenters. The molecule has 1 fully saturated rings. The second kappa shape index (κ2) is 12.0. The summed E-state index contributed by atoms with van der Waals surface area (Å²) in [7, 11) is 0. The average Bonchev–Trinajstić information content (AvgIpc) is 3.59. The second-order valence-corrected chi connectivity index (χ2v) is 13.0. The summed E-state index contributed by atoms with van der Waals surface area (Å²) in [6.07, 6.45) is 3.75. The SMILES string of the molecule is CC[n+]1ccn2c(SCC3=C(C(=O)O)N4C(=O)C(NC(=O)/C(=N\OC(C)(C)C(=O)O)c5csc(N)n5)C4SC3)nc(N)cc21. The van der Waals surface area contributed by atoms with Crippen molar-refractivity contribution in [3.8, 4) is 0 Å². The molecule has 1 saturated heterocycles. The van der Waals surface area contributed by atoms with E-state index in [1.807, 2.05) is 28.3 Å². The number of nitrogens with zero attached hydrogens (tertiary/aromatic N) is 6. The van der Waals surface area contributed by atoms with Crippen molar-refractivity contribution in [2.75, 3.05) is 23.0 Å². The van der Waals surface area contributed by atoms with Gasteiger partial charge in [-0.1, -0.05) is 16.9 Å². The number of β-lactam (4-membered cyclic amide) rings is 1. The van der Waals surface area contributed by atoms with Crippen LogP contribution in [0, 0.1) is 0 Å². The number of rotatable bonds is 11. The summed E-state index contributed by atoms with van der Waals surface area (Å²) in [5.41, 5.74) is 10.8. The van der Waals surface area contributed by atoms with E-state index in [0.717, 1.165) is 28.4 Å². The fourth-order valence-corrected chi connectivity index (χ4v) is 7.43. The topological polar surface area (TPSA) is 232 Å². The van der Waals surface area contributed by atoms with Gasteiger partial charge in [0, 0.05) is 16.9 Å². The predicted octanol–water partition coefficient (Wildman–Crippen LogP) is 0.377. The summed E-state index contributed by atoms with van der Waals surface area (Å²) in [6, 6.07) is 0.673. The highest BCUT2D eigenvalue weighted by atomic mass is 32.2. The maximum atomic E-state index is 13.3. The number of thioether (sulfide) groups is 2. The third-order valence-electron chi connectivity index (χ3n) is 6.76. The number of aliphatic carboxylic acids is 2. The van der Waals surface area contributed by atoms with Gasteiger partial charge in [0.2, 0.25) is 5.60 Å². The van der Waals surface area contributed by atoms with Gasteiger partial charge in [-0.3, -0.25) is 14.5 Å². The molecule has 44 heavy (non-hydrogen) atoms. The first-order valence-electron chi connectivity index (χ1n) is 13.0. The third kappa shape index (κ3) is 5.76. The van der Waals surface area contributed by atoms with Gasteiger partial charge < -0.3 is 31.8 Å². The highest BCUT2D eigenvalue weighted by Gasteiger charge is 2.54. The van der Waals surface area contributed by atoms with Crippen molar-refractivity contribution >= 4 is 80.9 Å². The molecule has 3 aromatic rings. The molecule has 5 rings (SSSR count). The summed E-state index contributed by atoms with van der Waals surface area (Å²) in [5, 5.41) is 27.2. The van der Waals surface area contributed by atoms with E-state index >= 15 is 0 Å². The van der Waals surface area contributed by atoms with Crippen molar-refractivity contribution in [2.45, 2.75) is 49.5 Å². The van der Waals surface area contributed by atoms with E-state index in [1.54, 1.807) is 6.07 Å². The van der Waals surface area contributed by atoms with E-state index in [-0.39, 0.29) is 33.7 Å². The quantitative estimate of drug-likeness (QED) is 0.0467. The van der Waals surface area contributed by atoms with Gasteiger partial charge in [-0.05, 0) is 26.3 Å². The number of thiazole rings is 1. The van der Waals surface area contributed by atoms with Crippen LogP contribution >= 0.6 is 34.9 Å². The van der Waals surface area contributed by atoms with E-state index in [9.17, 15) is 29.4 Å². The first-order valence-corrected chi connectivity index (χ1v) is 15.9. The van der Waals surface area contributed by atoms with E-state index in [4.69, 9.17) is 16.3 Å². The lowest BCUT2D eigenvalue weighted by Crippen LogP contribution is -2.71. The predicted molar refractivity (Wildman–Crippen MR) is 162 cm³/mol. The fourth-order valence-electron chi connectivity index (χ4n) is 4.41. The van der Waals surface area contributed by atoms with Gasteiger partial charge in [-0.15, -0.1) is 23.1 Å². The maximum absolute atomic E-state index is 13.3. The summed E-state index contributed by atoms with van der Waals surface area (Å²) in [4.78, 5) is 65.1. The number of nitrogen functional groups attached to an aromatic ring is 2. The highest BCUT2D eigenvalue weighted by molar-refractivity contribution is 8.01. The minimum absolute atomic E-state index is 0.0213. The van der Waals surface area contributed by atoms with Gasteiger partial charge in [0.1, 0.15) is 41.0 Å². The molecule has 19 heteroatoms. The highest BCUT2D eigenvalue weighted by Crippen LogP contribution is 2.41. The Bertz CT molecular complexity index is 1750. The summed E-state index contributed by atoms with van der Waals surface area (Å²) < 4.78 is 3.86. The Balaban J connectivity index is 1.35. The normalized spacial score (nSPS) is 18.7. The van der Waals surface area contributed by atoms with Crippen LogP contribution in [0.3, 0.4) is 0 Å². The Kier molecular flexibility index (Phi) is 8.45. The lowest BCUT2D eigenvalue weighted by molar-refractivity contribution is -0.667. The van der Waals surface area contributed by atoms with Crippen LogP contribution in [0.1, 0.15) is 26.5 Å². The van der Waals surface area contributed by atoms with Crippen molar-refractivity contribution in [1.29, 1.82) is 0 Å². The molecule has 7 N–H and O–H groups in total. The number of carbonyl (C=O) groups excluding carboxylic acids is 2. The number of anilines is 2. The summed E-state index contributed by atoms with van der Waals surface area (Å²) in [6.45, 7) is 5.22. The maximum Gasteiger partial charge on any atom is 0.352 e. The zero-order valence-electron chi connectivity index (χ0n) is 23.6. The number of aromatic nitrogens is 4. The molecule has 0 spiro atoms. The van der Waals surface area contributed by atoms with Crippen LogP contribution in [0.15, 0.2) is 45.4 Å². The van der Waals surface area contributed by atoms with Crippen molar-refractivity contribution in [3.05, 3.63) is 40.8 Å². The van der Waals surface area contributed by atoms with Crippen LogP contribution in [0.4, 0.5) is 10.9 Å². The van der Waals surface area contributed by atoms with Crippen LogP contribution in [-0.2, 0) is 30.6 Å². The number of carboxylic acid groups (broad SMARTS) is 2. The molecule has 16 nitrogen and oxygen atoms in total. The number of imidazole rings is 1. The van der Waals surface area contributed by atoms with Crippen LogP contribution < -0.4 is 21.4 Å². The molecule has 0 saturated carbocycles. The van der Waals surface area contributed by atoms with Gasteiger partial charge >= 0.3 is 11.9 Å². The Morgan fingerprint density at radius 1 is 1.30 bits per heavy atom. The Hall–Kier alpha value is -4.36. The Morgan fingerprint density at radius 2 is 2.05 bits per heavy atom. The number of fused-ring (bicyclic) bond motifs is 2. The zero-order chi connectivity index (χ0) is 31.9. The van der Waals surface area contributed by atoms with Crippen LogP contribution in [0.25, 0.3) is 5.65 Å². The van der Waals surface area contributed by atoms with Crippen LogP contribution in [-0.4, -0.2) is 87.5 Å². The van der Waals surface area contributed by atoms with Crippen molar-refractivity contribution < 1.29 is 38.8 Å². The van der Waals surface area contributed by atoms with Crippen molar-refractivity contribution in [3.63, 3.8) is 0 Å². The number of amides is 2. The van der Waals surface area contributed by atoms with Crippen molar-refractivity contribution in [2.24, 2.45) is 5.16 Å². The zero-order valence-corrected chi connectivity index (χ0v) is 26.0. The molecule has 2 aliphatic heterocycles. The number of hydrogen-bond donors (Lipinski definition) is 5. The summed E-state index contributed by atoms with van der Waals surface area (Å²) in [5.74, 6) is -3.26. The number of oxime groups is 1. The van der Waals surface area contributed by atoms with E-state index in [1.165, 1.54) is 42.8 Å². The van der Waals surface area contributed by atoms with Crippen LogP contribution in [0.2, 0.25) is 0 Å². The number of carbonyl (C=O) groups is 4. The lowest BCUT2D eigenvalue weighted by Gasteiger charge is -2.49. The monoisotopic (exact) mass is 662 g/mol. The van der Waals surface area contributed by atoms with Gasteiger partial charge in [0.05, 0.1) is 12.6 Å². The second-order valence-electron chi connectivity index (χ2n) is 10.1. The van der Waals surface area contributed by atoms with Gasteiger partial charge in [0.25, 0.3) is 22.6 Å². The van der Waals surface area contributed by atoms with Gasteiger partial charge in [-0.25, -0.2) is 19.1 Å². The minimum Gasteiger partial charge on any atom is -0.478 e. The molecule has 2 aliphatic rings. The van der Waals surface area contributed by atoms with E-state index < -0.39 is 40.8 Å². The molecular weight excluding hydrogens is 635 g/mol. The average molecular weight is 663 g/mol. The van der Waals surface area contributed by atoms with Gasteiger partial charge in [0.15, 0.2) is 10.8 Å². The number of aryl methyl sites for hydroxylation is 1. The molecule has 0 bridgehead atoms. The molecular formula is C25H28N9O7S3+. The first-order chi connectivity index (χ1) is 20.8. The molecule has 0 radical (unpaired) electrons. The number of carboxylic acids is 2. The molecule has 0 aromatic carbocycles. The van der Waals surface area contributed by atoms with Gasteiger partial charge in [-0.2, -0.15) is 9.38 Å². The van der Waals surface area contributed by atoms with E-state index in [0.29, 0.717) is 16.5 Å². The fraction of sp³-hybridized carbons (Fsp3) is 0.360. The summed E-state index contributed by atoms with van der Waals surface area (Å²) >= 11 is 3.62. The largest absolute Gasteiger partial charge is 0.478 e. The minimum atomic E-state index is -1.77. The number of hydrogen-bond acceptors (Lipinski definition) is 13. The molecule has 0 aliphatic carbocycles. The molecule has 5 heterocycles. The molecule has 3 aromatic heterocycles. The lowest BCUT2D eigenvalue weighted by atomic mass is 10.0. The van der Waals surface area contributed by atoms with Crippen molar-refractivity contribution in [1.82, 2.24) is 24.6 Å².